The summed E-state index contributed by atoms with van der Waals surface area (Å²) in [7, 11) is 0. The zero-order valence-electron chi connectivity index (χ0n) is 13.2. The van der Waals surface area contributed by atoms with Gasteiger partial charge in [-0.2, -0.15) is 0 Å². The summed E-state index contributed by atoms with van der Waals surface area (Å²) < 4.78 is 5.55. The molecular weight excluding hydrogens is 362 g/mol. The van der Waals surface area contributed by atoms with Crippen molar-refractivity contribution in [3.8, 4) is 0 Å². The van der Waals surface area contributed by atoms with Crippen molar-refractivity contribution >= 4 is 57.7 Å². The molecule has 0 aliphatic carbocycles. The Hall–Kier alpha value is -2.51. The molecule has 2 amide bonds. The van der Waals surface area contributed by atoms with Crippen LogP contribution in [0.2, 0.25) is 5.02 Å². The number of benzene rings is 2. The molecule has 0 atom stereocenters. The van der Waals surface area contributed by atoms with Gasteiger partial charge in [0, 0.05) is 29.4 Å². The summed E-state index contributed by atoms with van der Waals surface area (Å²) >= 11 is 7.10. The Bertz CT molecular complexity index is 942. The number of anilines is 2. The number of carbonyl (C=O) groups is 2. The van der Waals surface area contributed by atoms with Crippen LogP contribution in [0.4, 0.5) is 11.4 Å². The molecular formula is C17H14ClN3O3S. The molecule has 0 saturated heterocycles. The van der Waals surface area contributed by atoms with E-state index in [1.807, 2.05) is 0 Å². The minimum Gasteiger partial charge on any atom is -0.431 e. The molecule has 128 valence electrons. The predicted octanol–water partition coefficient (Wildman–Crippen LogP) is 4.17. The highest BCUT2D eigenvalue weighted by atomic mass is 35.5. The standard InChI is InChI=1S/C17H14ClN3O3S/c1-10(22)19-12-3-2-4-13(8-12)20-16(23)9-25-17-21-14-6-5-11(18)7-15(14)24-17/h2-8H,9H2,1H3,(H,19,22)(H,20,23). The van der Waals surface area contributed by atoms with Crippen LogP contribution in [0.3, 0.4) is 0 Å². The van der Waals surface area contributed by atoms with Gasteiger partial charge in [-0.05, 0) is 30.3 Å². The number of carbonyl (C=O) groups excluding carboxylic acids is 2. The molecule has 3 rings (SSSR count). The lowest BCUT2D eigenvalue weighted by atomic mass is 10.2. The minimum atomic E-state index is -0.203. The van der Waals surface area contributed by atoms with Gasteiger partial charge in [0.2, 0.25) is 11.8 Å². The number of thioether (sulfide) groups is 1. The fourth-order valence-corrected chi connectivity index (χ4v) is 2.94. The Balaban J connectivity index is 1.59. The summed E-state index contributed by atoms with van der Waals surface area (Å²) in [5, 5.41) is 6.40. The molecule has 2 N–H and O–H groups in total. The van der Waals surface area contributed by atoms with Gasteiger partial charge in [-0.1, -0.05) is 29.4 Å². The first-order valence-electron chi connectivity index (χ1n) is 7.36. The van der Waals surface area contributed by atoms with Crippen LogP contribution in [0.5, 0.6) is 0 Å². The van der Waals surface area contributed by atoms with Crippen LogP contribution in [0.15, 0.2) is 52.1 Å². The molecule has 0 bridgehead atoms. The van der Waals surface area contributed by atoms with Crippen LogP contribution in [0.1, 0.15) is 6.92 Å². The van der Waals surface area contributed by atoms with Gasteiger partial charge >= 0.3 is 0 Å². The lowest BCUT2D eigenvalue weighted by molar-refractivity contribution is -0.114. The van der Waals surface area contributed by atoms with Crippen LogP contribution in [0.25, 0.3) is 11.1 Å². The maximum atomic E-state index is 12.1. The summed E-state index contributed by atoms with van der Waals surface area (Å²) in [5.41, 5.74) is 2.49. The molecule has 0 aliphatic heterocycles. The summed E-state index contributed by atoms with van der Waals surface area (Å²) in [6, 6.07) is 12.1. The highest BCUT2D eigenvalue weighted by Gasteiger charge is 2.10. The number of amides is 2. The van der Waals surface area contributed by atoms with Gasteiger partial charge in [0.25, 0.3) is 5.22 Å². The molecule has 0 fully saturated rings. The molecule has 0 radical (unpaired) electrons. The molecule has 0 unspecified atom stereocenters. The maximum Gasteiger partial charge on any atom is 0.257 e. The zero-order chi connectivity index (χ0) is 17.8. The summed E-state index contributed by atoms with van der Waals surface area (Å²) in [5.74, 6) is -0.231. The number of nitrogens with one attached hydrogen (secondary N) is 2. The number of nitrogens with zero attached hydrogens (tertiary/aromatic N) is 1. The van der Waals surface area contributed by atoms with E-state index in [4.69, 9.17) is 16.0 Å². The lowest BCUT2D eigenvalue weighted by Gasteiger charge is -2.07. The number of oxazole rings is 1. The van der Waals surface area contributed by atoms with Crippen LogP contribution >= 0.6 is 23.4 Å². The monoisotopic (exact) mass is 375 g/mol. The quantitative estimate of drug-likeness (QED) is 0.654. The van der Waals surface area contributed by atoms with E-state index < -0.39 is 0 Å². The van der Waals surface area contributed by atoms with Crippen LogP contribution in [-0.4, -0.2) is 22.6 Å². The van der Waals surface area contributed by atoms with Gasteiger partial charge in [-0.25, -0.2) is 4.98 Å². The Morgan fingerprint density at radius 3 is 2.68 bits per heavy atom. The molecule has 6 nitrogen and oxygen atoms in total. The van der Waals surface area contributed by atoms with E-state index >= 15 is 0 Å². The van der Waals surface area contributed by atoms with Crippen molar-refractivity contribution in [1.82, 2.24) is 4.98 Å². The third-order valence-electron chi connectivity index (χ3n) is 3.12. The van der Waals surface area contributed by atoms with E-state index in [1.54, 1.807) is 42.5 Å². The van der Waals surface area contributed by atoms with Gasteiger partial charge in [0.15, 0.2) is 5.58 Å². The average Bonchev–Trinajstić information content (AvgIpc) is 2.94. The number of fused-ring (bicyclic) bond motifs is 1. The molecule has 8 heteroatoms. The molecule has 1 aromatic heterocycles. The fraction of sp³-hybridized carbons (Fsp3) is 0.118. The maximum absolute atomic E-state index is 12.1. The SMILES string of the molecule is CC(=O)Nc1cccc(NC(=O)CSc2nc3ccc(Cl)cc3o2)c1. The minimum absolute atomic E-state index is 0.144. The Morgan fingerprint density at radius 1 is 1.16 bits per heavy atom. The average molecular weight is 376 g/mol. The fourth-order valence-electron chi connectivity index (χ4n) is 2.14. The second-order valence-corrected chi connectivity index (χ2v) is 6.55. The molecule has 0 spiro atoms. The van der Waals surface area contributed by atoms with Gasteiger partial charge < -0.3 is 15.1 Å². The Kier molecular flexibility index (Phi) is 5.25. The van der Waals surface area contributed by atoms with Crippen molar-refractivity contribution < 1.29 is 14.0 Å². The van der Waals surface area contributed by atoms with Gasteiger partial charge in [0.1, 0.15) is 5.52 Å². The van der Waals surface area contributed by atoms with Crippen molar-refractivity contribution in [1.29, 1.82) is 0 Å². The summed E-state index contributed by atoms with van der Waals surface area (Å²) in [6.45, 7) is 1.43. The largest absolute Gasteiger partial charge is 0.431 e. The highest BCUT2D eigenvalue weighted by Crippen LogP contribution is 2.25. The number of aromatic nitrogens is 1. The first-order chi connectivity index (χ1) is 12.0. The van der Waals surface area contributed by atoms with Crippen molar-refractivity contribution in [2.24, 2.45) is 0 Å². The normalized spacial score (nSPS) is 10.6. The van der Waals surface area contributed by atoms with E-state index in [-0.39, 0.29) is 17.6 Å². The van der Waals surface area contributed by atoms with Crippen LogP contribution < -0.4 is 10.6 Å². The third kappa shape index (κ3) is 4.74. The Morgan fingerprint density at radius 2 is 1.92 bits per heavy atom. The number of halogens is 1. The molecule has 1 heterocycles. The molecule has 3 aromatic rings. The summed E-state index contributed by atoms with van der Waals surface area (Å²) in [6.07, 6.45) is 0. The number of hydrogen-bond donors (Lipinski definition) is 2. The van der Waals surface area contributed by atoms with Crippen LogP contribution in [-0.2, 0) is 9.59 Å². The Labute approximate surface area is 152 Å². The number of rotatable bonds is 5. The summed E-state index contributed by atoms with van der Waals surface area (Å²) in [4.78, 5) is 27.4. The molecule has 0 saturated carbocycles. The van der Waals surface area contributed by atoms with Crippen LogP contribution in [0, 0.1) is 0 Å². The second-order valence-electron chi connectivity index (χ2n) is 5.19. The third-order valence-corrected chi connectivity index (χ3v) is 4.19. The topological polar surface area (TPSA) is 84.2 Å². The van der Waals surface area contributed by atoms with Crippen molar-refractivity contribution in [3.05, 3.63) is 47.5 Å². The van der Waals surface area contributed by atoms with E-state index in [0.29, 0.717) is 32.7 Å². The highest BCUT2D eigenvalue weighted by molar-refractivity contribution is 7.99. The van der Waals surface area contributed by atoms with Crippen molar-refractivity contribution in [2.75, 3.05) is 16.4 Å². The molecule has 2 aromatic carbocycles. The first kappa shape index (κ1) is 17.3. The van der Waals surface area contributed by atoms with Gasteiger partial charge in [-0.3, -0.25) is 9.59 Å². The first-order valence-corrected chi connectivity index (χ1v) is 8.72. The zero-order valence-corrected chi connectivity index (χ0v) is 14.8. The van der Waals surface area contributed by atoms with E-state index in [0.717, 1.165) is 0 Å². The lowest BCUT2D eigenvalue weighted by Crippen LogP contribution is -2.14. The van der Waals surface area contributed by atoms with Gasteiger partial charge in [-0.15, -0.1) is 0 Å². The van der Waals surface area contributed by atoms with Crippen molar-refractivity contribution in [3.63, 3.8) is 0 Å². The van der Waals surface area contributed by atoms with E-state index in [9.17, 15) is 9.59 Å². The smallest absolute Gasteiger partial charge is 0.257 e. The van der Waals surface area contributed by atoms with E-state index in [2.05, 4.69) is 15.6 Å². The molecule has 25 heavy (non-hydrogen) atoms. The van der Waals surface area contributed by atoms with Gasteiger partial charge in [0.05, 0.1) is 5.75 Å². The number of hydrogen-bond acceptors (Lipinski definition) is 5. The van der Waals surface area contributed by atoms with Crippen molar-refractivity contribution in [2.45, 2.75) is 12.1 Å². The van der Waals surface area contributed by atoms with E-state index in [1.165, 1.54) is 18.7 Å². The predicted molar refractivity (Wildman–Crippen MR) is 99.1 cm³/mol. The molecule has 0 aliphatic rings. The second kappa shape index (κ2) is 7.58.